The number of rotatable bonds is 2. The van der Waals surface area contributed by atoms with Gasteiger partial charge in [0.25, 0.3) is 0 Å². The molecule has 0 aliphatic carbocycles. The van der Waals surface area contributed by atoms with Gasteiger partial charge in [0, 0.05) is 5.92 Å². The summed E-state index contributed by atoms with van der Waals surface area (Å²) >= 11 is 0. The molecule has 0 bridgehead atoms. The molecule has 1 nitrogen and oxygen atoms in total. The Hall–Kier alpha value is -0.0400. The fourth-order valence-corrected chi connectivity index (χ4v) is 0.402. The van der Waals surface area contributed by atoms with Crippen molar-refractivity contribution in [1.29, 1.82) is 0 Å². The second kappa shape index (κ2) is 3.03. The first-order valence-corrected chi connectivity index (χ1v) is 3.01. The molecular weight excluding hydrogens is 86.1 g/mol. The average molecular weight is 102 g/mol. The molecule has 3 N–H and O–H groups in total. The van der Waals surface area contributed by atoms with Crippen LogP contribution >= 0.6 is 0 Å². The lowest BCUT2D eigenvalue weighted by molar-refractivity contribution is -0.426. The Morgan fingerprint density at radius 3 is 1.86 bits per heavy atom. The first-order chi connectivity index (χ1) is 3.18. The highest BCUT2D eigenvalue weighted by Crippen LogP contribution is 2.00. The van der Waals surface area contributed by atoms with Crippen molar-refractivity contribution in [2.45, 2.75) is 33.2 Å². The van der Waals surface area contributed by atoms with E-state index in [4.69, 9.17) is 0 Å². The second-order valence-corrected chi connectivity index (χ2v) is 2.36. The van der Waals surface area contributed by atoms with Crippen LogP contribution in [0.4, 0.5) is 0 Å². The molecule has 44 valence electrons. The van der Waals surface area contributed by atoms with Gasteiger partial charge >= 0.3 is 0 Å². The zero-order valence-corrected chi connectivity index (χ0v) is 5.57. The van der Waals surface area contributed by atoms with E-state index in [1.807, 2.05) is 0 Å². The van der Waals surface area contributed by atoms with Crippen LogP contribution in [-0.4, -0.2) is 6.04 Å². The summed E-state index contributed by atoms with van der Waals surface area (Å²) < 4.78 is 0. The molecule has 0 aliphatic rings. The van der Waals surface area contributed by atoms with Crippen molar-refractivity contribution in [2.75, 3.05) is 0 Å². The number of hydrogen-bond donors (Lipinski definition) is 1. The third kappa shape index (κ3) is 2.63. The van der Waals surface area contributed by atoms with Gasteiger partial charge in [-0.05, 0) is 13.3 Å². The van der Waals surface area contributed by atoms with E-state index in [0.29, 0.717) is 6.04 Å². The van der Waals surface area contributed by atoms with Crippen LogP contribution in [0.2, 0.25) is 0 Å². The fourth-order valence-electron chi connectivity index (χ4n) is 0.402. The highest BCUT2D eigenvalue weighted by molar-refractivity contribution is 4.52. The summed E-state index contributed by atoms with van der Waals surface area (Å²) in [6.07, 6.45) is 1.25. The van der Waals surface area contributed by atoms with Crippen LogP contribution in [0.5, 0.6) is 0 Å². The molecule has 0 aromatic carbocycles. The standard InChI is InChI=1S/C6H15N/c1-4-5(2)6(3)7/h5-6H,4,7H2,1-3H3/p+1. The predicted octanol–water partition coefficient (Wildman–Crippen LogP) is 0.663. The molecule has 0 fully saturated rings. The van der Waals surface area contributed by atoms with E-state index in [1.165, 1.54) is 6.42 Å². The maximum Gasteiger partial charge on any atom is 0.0840 e. The quantitative estimate of drug-likeness (QED) is 0.530. The van der Waals surface area contributed by atoms with Gasteiger partial charge in [-0.25, -0.2) is 0 Å². The molecule has 2 atom stereocenters. The van der Waals surface area contributed by atoms with Gasteiger partial charge in [-0.15, -0.1) is 0 Å². The molecule has 0 aromatic heterocycles. The lowest BCUT2D eigenvalue weighted by Gasteiger charge is -2.07. The zero-order chi connectivity index (χ0) is 5.86. The van der Waals surface area contributed by atoms with Crippen LogP contribution in [0.25, 0.3) is 0 Å². The van der Waals surface area contributed by atoms with Crippen molar-refractivity contribution in [1.82, 2.24) is 0 Å². The largest absolute Gasteiger partial charge is 0.355 e. The fraction of sp³-hybridized carbons (Fsp3) is 1.00. The average Bonchev–Trinajstić information content (AvgIpc) is 1.65. The third-order valence-electron chi connectivity index (χ3n) is 1.62. The van der Waals surface area contributed by atoms with Gasteiger partial charge in [-0.2, -0.15) is 0 Å². The Labute approximate surface area is 45.9 Å². The molecule has 0 amide bonds. The van der Waals surface area contributed by atoms with Crippen LogP contribution in [0.15, 0.2) is 0 Å². The lowest BCUT2D eigenvalue weighted by Crippen LogP contribution is -2.61. The molecule has 0 spiro atoms. The Bertz CT molecular complexity index is 41.4. The van der Waals surface area contributed by atoms with Crippen LogP contribution in [0.3, 0.4) is 0 Å². The van der Waals surface area contributed by atoms with Crippen molar-refractivity contribution in [3.63, 3.8) is 0 Å². The monoisotopic (exact) mass is 102 g/mol. The Morgan fingerprint density at radius 2 is 1.86 bits per heavy atom. The van der Waals surface area contributed by atoms with Crippen molar-refractivity contribution < 1.29 is 5.73 Å². The summed E-state index contributed by atoms with van der Waals surface area (Å²) in [6.45, 7) is 6.60. The minimum Gasteiger partial charge on any atom is -0.355 e. The van der Waals surface area contributed by atoms with E-state index in [2.05, 4.69) is 26.5 Å². The smallest absolute Gasteiger partial charge is 0.0840 e. The second-order valence-electron chi connectivity index (χ2n) is 2.36. The van der Waals surface area contributed by atoms with E-state index >= 15 is 0 Å². The van der Waals surface area contributed by atoms with Crippen molar-refractivity contribution in [2.24, 2.45) is 5.92 Å². The van der Waals surface area contributed by atoms with Crippen molar-refractivity contribution in [3.8, 4) is 0 Å². The highest BCUT2D eigenvalue weighted by Gasteiger charge is 2.05. The Kier molecular flexibility index (Phi) is 3.01. The summed E-state index contributed by atoms with van der Waals surface area (Å²) in [5.41, 5.74) is 3.91. The van der Waals surface area contributed by atoms with Crippen molar-refractivity contribution in [3.05, 3.63) is 0 Å². The summed E-state index contributed by atoms with van der Waals surface area (Å²) in [4.78, 5) is 0. The first-order valence-electron chi connectivity index (χ1n) is 3.01. The van der Waals surface area contributed by atoms with E-state index in [0.717, 1.165) is 5.92 Å². The molecule has 2 unspecified atom stereocenters. The van der Waals surface area contributed by atoms with Gasteiger partial charge in [0.1, 0.15) is 0 Å². The highest BCUT2D eigenvalue weighted by atomic mass is 14.6. The van der Waals surface area contributed by atoms with E-state index in [1.54, 1.807) is 0 Å². The lowest BCUT2D eigenvalue weighted by atomic mass is 10.0. The minimum atomic E-state index is 0.616. The topological polar surface area (TPSA) is 27.6 Å². The zero-order valence-electron chi connectivity index (χ0n) is 5.57. The van der Waals surface area contributed by atoms with E-state index in [9.17, 15) is 0 Å². The molecule has 7 heavy (non-hydrogen) atoms. The van der Waals surface area contributed by atoms with Gasteiger partial charge in [-0.3, -0.25) is 0 Å². The molecule has 0 radical (unpaired) electrons. The summed E-state index contributed by atoms with van der Waals surface area (Å²) in [5.74, 6) is 0.792. The van der Waals surface area contributed by atoms with Gasteiger partial charge in [-0.1, -0.05) is 13.8 Å². The van der Waals surface area contributed by atoms with E-state index in [-0.39, 0.29) is 0 Å². The Balaban J connectivity index is 3.14. The van der Waals surface area contributed by atoms with Gasteiger partial charge in [0.05, 0.1) is 6.04 Å². The molecule has 0 aliphatic heterocycles. The number of quaternary nitrogens is 1. The van der Waals surface area contributed by atoms with Crippen molar-refractivity contribution >= 4 is 0 Å². The molecule has 0 saturated heterocycles. The van der Waals surface area contributed by atoms with Crippen LogP contribution in [0.1, 0.15) is 27.2 Å². The van der Waals surface area contributed by atoms with Crippen LogP contribution in [0, 0.1) is 5.92 Å². The van der Waals surface area contributed by atoms with E-state index < -0.39 is 0 Å². The molecule has 0 rings (SSSR count). The third-order valence-corrected chi connectivity index (χ3v) is 1.62. The van der Waals surface area contributed by atoms with Crippen LogP contribution in [-0.2, 0) is 0 Å². The molecule has 0 heterocycles. The van der Waals surface area contributed by atoms with Gasteiger partial charge in [0.2, 0.25) is 0 Å². The maximum absolute atomic E-state index is 3.91. The first kappa shape index (κ1) is 6.96. The normalized spacial score (nSPS) is 18.9. The minimum absolute atomic E-state index is 0.616. The summed E-state index contributed by atoms with van der Waals surface area (Å²) in [7, 11) is 0. The predicted molar refractivity (Wildman–Crippen MR) is 31.8 cm³/mol. The maximum atomic E-state index is 3.91. The summed E-state index contributed by atoms with van der Waals surface area (Å²) in [6, 6.07) is 0.616. The van der Waals surface area contributed by atoms with Crippen LogP contribution < -0.4 is 5.73 Å². The molecule has 1 heteroatoms. The SMILES string of the molecule is CCC(C)C(C)[NH3+]. The number of hydrogen-bond acceptors (Lipinski definition) is 0. The molecular formula is C6H16N+. The molecule has 0 aromatic rings. The molecule has 0 saturated carbocycles. The summed E-state index contributed by atoms with van der Waals surface area (Å²) in [5, 5.41) is 0. The van der Waals surface area contributed by atoms with Gasteiger partial charge in [0.15, 0.2) is 0 Å². The van der Waals surface area contributed by atoms with Gasteiger partial charge < -0.3 is 5.73 Å². The Morgan fingerprint density at radius 1 is 1.43 bits per heavy atom.